The molecule has 1 amide bonds. The molecule has 1 aliphatic rings. The Kier molecular flexibility index (Phi) is 7.25. The van der Waals surface area contributed by atoms with E-state index in [0.29, 0.717) is 17.0 Å². The molecule has 0 spiro atoms. The maximum atomic E-state index is 12.6. The summed E-state index contributed by atoms with van der Waals surface area (Å²) in [5, 5.41) is 0. The largest absolute Gasteiger partial charge is 0.457 e. The van der Waals surface area contributed by atoms with Gasteiger partial charge in [0.05, 0.1) is 5.92 Å². The van der Waals surface area contributed by atoms with Gasteiger partial charge in [0, 0.05) is 24.2 Å². The molecule has 0 bridgehead atoms. The number of amides is 1. The summed E-state index contributed by atoms with van der Waals surface area (Å²) in [6.07, 6.45) is 0.0515. The number of rotatable bonds is 7. The van der Waals surface area contributed by atoms with E-state index in [1.165, 1.54) is 5.56 Å². The first kappa shape index (κ1) is 25.2. The van der Waals surface area contributed by atoms with E-state index in [0.717, 1.165) is 11.3 Å². The van der Waals surface area contributed by atoms with Gasteiger partial charge >= 0.3 is 5.97 Å². The Balaban J connectivity index is 1.32. The van der Waals surface area contributed by atoms with Gasteiger partial charge in [-0.3, -0.25) is 14.4 Å². The van der Waals surface area contributed by atoms with Crippen LogP contribution >= 0.6 is 0 Å². The van der Waals surface area contributed by atoms with Crippen molar-refractivity contribution in [3.63, 3.8) is 0 Å². The van der Waals surface area contributed by atoms with E-state index in [4.69, 9.17) is 9.47 Å². The monoisotopic (exact) mass is 485 g/mol. The molecule has 1 atom stereocenters. The molecule has 6 heteroatoms. The SMILES string of the molecule is Cc1ccc(C(=O)COC(=O)[C@@H]2CC(=O)N(c3ccc(Oc4ccc(C(C)(C)C)cc4)cc3)C2)cc1. The second-order valence-electron chi connectivity index (χ2n) is 10.2. The number of ketones is 1. The van der Waals surface area contributed by atoms with Crippen LogP contribution in [0.1, 0.15) is 48.7 Å². The number of ether oxygens (including phenoxy) is 2. The lowest BCUT2D eigenvalue weighted by molar-refractivity contribution is -0.147. The Morgan fingerprint density at radius 2 is 1.47 bits per heavy atom. The van der Waals surface area contributed by atoms with E-state index in [9.17, 15) is 14.4 Å². The van der Waals surface area contributed by atoms with Gasteiger partial charge in [0.25, 0.3) is 0 Å². The van der Waals surface area contributed by atoms with Crippen LogP contribution in [0.3, 0.4) is 0 Å². The van der Waals surface area contributed by atoms with Gasteiger partial charge in [-0.25, -0.2) is 0 Å². The first-order valence-electron chi connectivity index (χ1n) is 12.1. The fraction of sp³-hybridized carbons (Fsp3) is 0.300. The summed E-state index contributed by atoms with van der Waals surface area (Å²) < 4.78 is 11.2. The minimum absolute atomic E-state index is 0.0515. The van der Waals surface area contributed by atoms with Gasteiger partial charge in [-0.2, -0.15) is 0 Å². The maximum absolute atomic E-state index is 12.6. The first-order chi connectivity index (χ1) is 17.1. The molecule has 1 fully saturated rings. The van der Waals surface area contributed by atoms with Gasteiger partial charge in [-0.15, -0.1) is 0 Å². The molecule has 186 valence electrons. The Morgan fingerprint density at radius 3 is 2.06 bits per heavy atom. The van der Waals surface area contributed by atoms with Gasteiger partial charge in [0.2, 0.25) is 5.91 Å². The fourth-order valence-corrected chi connectivity index (χ4v) is 4.05. The highest BCUT2D eigenvalue weighted by Gasteiger charge is 2.36. The number of benzene rings is 3. The summed E-state index contributed by atoms with van der Waals surface area (Å²) in [7, 11) is 0. The maximum Gasteiger partial charge on any atom is 0.311 e. The topological polar surface area (TPSA) is 72.9 Å². The van der Waals surface area contributed by atoms with Crippen molar-refractivity contribution in [1.29, 1.82) is 0 Å². The van der Waals surface area contributed by atoms with Gasteiger partial charge in [0.15, 0.2) is 12.4 Å². The van der Waals surface area contributed by atoms with E-state index in [2.05, 4.69) is 32.9 Å². The minimum atomic E-state index is -0.611. The van der Waals surface area contributed by atoms with Crippen LogP contribution in [0.25, 0.3) is 0 Å². The summed E-state index contributed by atoms with van der Waals surface area (Å²) in [5.41, 5.74) is 3.52. The summed E-state index contributed by atoms with van der Waals surface area (Å²) in [6.45, 7) is 8.30. The van der Waals surface area contributed by atoms with Gasteiger partial charge in [-0.05, 0) is 54.3 Å². The lowest BCUT2D eigenvalue weighted by atomic mass is 9.87. The Bertz CT molecular complexity index is 1240. The molecule has 4 rings (SSSR count). The van der Waals surface area contributed by atoms with Crippen LogP contribution < -0.4 is 9.64 Å². The zero-order valence-electron chi connectivity index (χ0n) is 21.1. The Morgan fingerprint density at radius 1 is 0.889 bits per heavy atom. The number of esters is 1. The van der Waals surface area contributed by atoms with Crippen molar-refractivity contribution in [2.75, 3.05) is 18.1 Å². The van der Waals surface area contributed by atoms with E-state index < -0.39 is 11.9 Å². The standard InChI is InChI=1S/C30H31NO5/c1-20-5-7-21(8-6-20)27(32)19-35-29(34)22-17-28(33)31(18-22)24-11-15-26(16-12-24)36-25-13-9-23(10-14-25)30(2,3)4/h5-16,22H,17-19H2,1-4H3/t22-/m1/s1. The highest BCUT2D eigenvalue weighted by molar-refractivity contribution is 6.01. The second-order valence-corrected chi connectivity index (χ2v) is 10.2. The predicted octanol–water partition coefficient (Wildman–Crippen LogP) is 5.86. The molecule has 0 radical (unpaired) electrons. The molecule has 1 saturated heterocycles. The van der Waals surface area contributed by atoms with Crippen LogP contribution in [0.4, 0.5) is 5.69 Å². The number of aryl methyl sites for hydroxylation is 1. The van der Waals surface area contributed by atoms with E-state index >= 15 is 0 Å². The third-order valence-electron chi connectivity index (χ3n) is 6.28. The number of hydrogen-bond donors (Lipinski definition) is 0. The number of carbonyl (C=O) groups is 3. The van der Waals surface area contributed by atoms with Gasteiger partial charge in [0.1, 0.15) is 11.5 Å². The van der Waals surface area contributed by atoms with Crippen LogP contribution in [0.2, 0.25) is 0 Å². The molecule has 0 N–H and O–H groups in total. The molecular formula is C30H31NO5. The lowest BCUT2D eigenvalue weighted by Gasteiger charge is -2.19. The van der Waals surface area contributed by atoms with Crippen molar-refractivity contribution >= 4 is 23.3 Å². The zero-order valence-corrected chi connectivity index (χ0v) is 21.1. The number of carbonyl (C=O) groups excluding carboxylic acids is 3. The molecule has 1 heterocycles. The summed E-state index contributed by atoms with van der Waals surface area (Å²) in [4.78, 5) is 39.0. The number of nitrogens with zero attached hydrogens (tertiary/aromatic N) is 1. The lowest BCUT2D eigenvalue weighted by Crippen LogP contribution is -2.27. The highest BCUT2D eigenvalue weighted by Crippen LogP contribution is 2.30. The highest BCUT2D eigenvalue weighted by atomic mass is 16.5. The summed E-state index contributed by atoms with van der Waals surface area (Å²) >= 11 is 0. The van der Waals surface area contributed by atoms with Crippen molar-refractivity contribution in [2.24, 2.45) is 5.92 Å². The second kappa shape index (κ2) is 10.4. The Hall–Kier alpha value is -3.93. The molecule has 0 aliphatic carbocycles. The number of anilines is 1. The molecule has 3 aromatic carbocycles. The minimum Gasteiger partial charge on any atom is -0.457 e. The van der Waals surface area contributed by atoms with Crippen LogP contribution in [0.5, 0.6) is 11.5 Å². The summed E-state index contributed by atoms with van der Waals surface area (Å²) in [6, 6.07) is 22.3. The Labute approximate surface area is 211 Å². The van der Waals surface area contributed by atoms with Gasteiger partial charge in [-0.1, -0.05) is 62.7 Å². The zero-order chi connectivity index (χ0) is 25.9. The van der Waals surface area contributed by atoms with E-state index in [1.54, 1.807) is 41.3 Å². The van der Waals surface area contributed by atoms with Crippen molar-refractivity contribution in [3.05, 3.63) is 89.5 Å². The molecule has 0 saturated carbocycles. The molecule has 1 aliphatic heterocycles. The van der Waals surface area contributed by atoms with Crippen LogP contribution in [-0.4, -0.2) is 30.8 Å². The quantitative estimate of drug-likeness (QED) is 0.309. The van der Waals surface area contributed by atoms with Crippen molar-refractivity contribution in [2.45, 2.75) is 39.5 Å². The van der Waals surface area contributed by atoms with Crippen molar-refractivity contribution in [1.82, 2.24) is 0 Å². The molecule has 6 nitrogen and oxygen atoms in total. The molecule has 3 aromatic rings. The third kappa shape index (κ3) is 6.00. The van der Waals surface area contributed by atoms with Crippen molar-refractivity contribution in [3.8, 4) is 11.5 Å². The molecular weight excluding hydrogens is 454 g/mol. The van der Waals surface area contributed by atoms with Crippen LogP contribution in [-0.2, 0) is 19.7 Å². The van der Waals surface area contributed by atoms with Gasteiger partial charge < -0.3 is 14.4 Å². The number of hydrogen-bond acceptors (Lipinski definition) is 5. The van der Waals surface area contributed by atoms with E-state index in [1.807, 2.05) is 31.2 Å². The average Bonchev–Trinajstić information content (AvgIpc) is 3.24. The normalized spacial score (nSPS) is 15.6. The fourth-order valence-electron chi connectivity index (χ4n) is 4.05. The first-order valence-corrected chi connectivity index (χ1v) is 12.1. The van der Waals surface area contributed by atoms with Crippen molar-refractivity contribution < 1.29 is 23.9 Å². The van der Waals surface area contributed by atoms with E-state index in [-0.39, 0.29) is 36.7 Å². The predicted molar refractivity (Wildman–Crippen MR) is 139 cm³/mol. The molecule has 0 unspecified atom stereocenters. The van der Waals surface area contributed by atoms with Crippen LogP contribution in [0, 0.1) is 12.8 Å². The molecule has 0 aromatic heterocycles. The molecule has 36 heavy (non-hydrogen) atoms. The summed E-state index contributed by atoms with van der Waals surface area (Å²) in [5.74, 6) is -0.192. The van der Waals surface area contributed by atoms with Crippen LogP contribution in [0.15, 0.2) is 72.8 Å². The average molecular weight is 486 g/mol. The number of Topliss-reactive ketones (excluding diaryl/α,β-unsaturated/α-hetero) is 1. The third-order valence-corrected chi connectivity index (χ3v) is 6.28. The smallest absolute Gasteiger partial charge is 0.311 e.